The van der Waals surface area contributed by atoms with Crippen LogP contribution in [0.1, 0.15) is 40.0 Å². The van der Waals surface area contributed by atoms with Crippen LogP contribution in [-0.2, 0) is 14.8 Å². The monoisotopic (exact) mass is 493 g/mol. The second kappa shape index (κ2) is 10.5. The Morgan fingerprint density at radius 1 is 0.914 bits per heavy atom. The molecular formula is C27H31N3O4S. The highest BCUT2D eigenvalue weighted by molar-refractivity contribution is 7.92. The van der Waals surface area contributed by atoms with Crippen LogP contribution in [0.25, 0.3) is 0 Å². The quantitative estimate of drug-likeness (QED) is 0.508. The Balaban J connectivity index is 1.38. The number of benzene rings is 3. The van der Waals surface area contributed by atoms with Crippen LogP contribution in [0.3, 0.4) is 0 Å². The zero-order chi connectivity index (χ0) is 25.0. The van der Waals surface area contributed by atoms with E-state index < -0.39 is 10.0 Å². The topological polar surface area (TPSA) is 87.7 Å². The van der Waals surface area contributed by atoms with Crippen LogP contribution >= 0.6 is 0 Å². The minimum Gasteiger partial charge on any atom is -0.378 e. The van der Waals surface area contributed by atoms with Gasteiger partial charge in [0.2, 0.25) is 0 Å². The summed E-state index contributed by atoms with van der Waals surface area (Å²) in [5.74, 6) is -0.263. The Labute approximate surface area is 207 Å². The van der Waals surface area contributed by atoms with E-state index in [1.54, 1.807) is 12.1 Å². The first-order valence-corrected chi connectivity index (χ1v) is 13.1. The summed E-state index contributed by atoms with van der Waals surface area (Å²) in [6.45, 7) is 9.04. The maximum Gasteiger partial charge on any atom is 0.261 e. The average molecular weight is 494 g/mol. The normalized spacial score (nSPS) is 14.9. The Morgan fingerprint density at radius 3 is 2.20 bits per heavy atom. The minimum atomic E-state index is -3.76. The third-order valence-corrected chi connectivity index (χ3v) is 7.70. The van der Waals surface area contributed by atoms with Crippen LogP contribution < -0.4 is 14.9 Å². The molecule has 3 aromatic rings. The van der Waals surface area contributed by atoms with Gasteiger partial charge in [-0.1, -0.05) is 18.2 Å². The lowest BCUT2D eigenvalue weighted by atomic mass is 10.1. The minimum absolute atomic E-state index is 0.0963. The van der Waals surface area contributed by atoms with Crippen molar-refractivity contribution in [2.75, 3.05) is 35.9 Å². The molecule has 2 N–H and O–H groups in total. The molecular weight excluding hydrogens is 462 g/mol. The van der Waals surface area contributed by atoms with Crippen LogP contribution in [0.15, 0.2) is 71.6 Å². The second-order valence-corrected chi connectivity index (χ2v) is 10.5. The molecule has 7 nitrogen and oxygen atoms in total. The van der Waals surface area contributed by atoms with Crippen LogP contribution in [0.4, 0.5) is 11.4 Å². The number of hydrogen-bond acceptors (Lipinski definition) is 5. The summed E-state index contributed by atoms with van der Waals surface area (Å²) in [5, 5.41) is 2.98. The molecule has 3 aromatic carbocycles. The second-order valence-electron chi connectivity index (χ2n) is 8.82. The van der Waals surface area contributed by atoms with E-state index in [9.17, 15) is 13.2 Å². The fraction of sp³-hybridized carbons (Fsp3) is 0.296. The van der Waals surface area contributed by atoms with Gasteiger partial charge < -0.3 is 15.0 Å². The Kier molecular flexibility index (Phi) is 7.42. The zero-order valence-corrected chi connectivity index (χ0v) is 21.1. The van der Waals surface area contributed by atoms with Gasteiger partial charge in [-0.05, 0) is 86.0 Å². The summed E-state index contributed by atoms with van der Waals surface area (Å²) in [4.78, 5) is 15.1. The van der Waals surface area contributed by atoms with Crippen molar-refractivity contribution in [2.24, 2.45) is 0 Å². The van der Waals surface area contributed by atoms with Gasteiger partial charge in [-0.3, -0.25) is 9.52 Å². The lowest BCUT2D eigenvalue weighted by molar-refractivity contribution is 0.0939. The van der Waals surface area contributed by atoms with Crippen LogP contribution in [-0.4, -0.2) is 40.6 Å². The van der Waals surface area contributed by atoms with Crippen molar-refractivity contribution in [3.8, 4) is 0 Å². The van der Waals surface area contributed by atoms with Crippen LogP contribution in [0.2, 0.25) is 0 Å². The molecule has 1 saturated heterocycles. The molecule has 1 fully saturated rings. The Hall–Kier alpha value is -3.36. The number of morpholine rings is 1. The number of anilines is 2. The average Bonchev–Trinajstić information content (AvgIpc) is 2.87. The standard InChI is InChI=1S/C27H31N3O4S/c1-19-4-9-24(18-20(19)2)29-35(32,33)26-12-7-23(8-13-26)27(31)28-21(3)22-5-10-25(11-6-22)30-14-16-34-17-15-30/h4-13,18,21,29H,14-17H2,1-3H3,(H,28,31). The number of hydrogen-bond donors (Lipinski definition) is 2. The predicted octanol–water partition coefficient (Wildman–Crippen LogP) is 4.43. The molecule has 0 spiro atoms. The maximum atomic E-state index is 12.8. The Morgan fingerprint density at radius 2 is 1.57 bits per heavy atom. The van der Waals surface area contributed by atoms with Crippen LogP contribution in [0, 0.1) is 13.8 Å². The summed E-state index contributed by atoms with van der Waals surface area (Å²) in [7, 11) is -3.76. The highest BCUT2D eigenvalue weighted by Crippen LogP contribution is 2.22. The molecule has 8 heteroatoms. The van der Waals surface area contributed by atoms with E-state index in [0.29, 0.717) is 11.3 Å². The largest absolute Gasteiger partial charge is 0.378 e. The van der Waals surface area contributed by atoms with Gasteiger partial charge in [0, 0.05) is 30.0 Å². The van der Waals surface area contributed by atoms with Crippen LogP contribution in [0.5, 0.6) is 0 Å². The molecule has 0 aliphatic carbocycles. The molecule has 1 unspecified atom stereocenters. The number of carbonyl (C=O) groups excluding carboxylic acids is 1. The first kappa shape index (κ1) is 24.8. The first-order valence-electron chi connectivity index (χ1n) is 11.7. The van der Waals surface area contributed by atoms with E-state index >= 15 is 0 Å². The van der Waals surface area contributed by atoms with Crippen molar-refractivity contribution >= 4 is 27.3 Å². The molecule has 0 aromatic heterocycles. The molecule has 0 bridgehead atoms. The van der Waals surface area contributed by atoms with E-state index in [4.69, 9.17) is 4.74 Å². The molecule has 1 aliphatic heterocycles. The summed E-state index contributed by atoms with van der Waals surface area (Å²) >= 11 is 0. The third-order valence-electron chi connectivity index (χ3n) is 6.30. The first-order chi connectivity index (χ1) is 16.7. The molecule has 1 atom stereocenters. The van der Waals surface area contributed by atoms with Crippen molar-refractivity contribution < 1.29 is 17.9 Å². The van der Waals surface area contributed by atoms with Crippen molar-refractivity contribution in [1.29, 1.82) is 0 Å². The Bertz CT molecular complexity index is 1280. The van der Waals surface area contributed by atoms with E-state index in [1.165, 1.54) is 24.3 Å². The van der Waals surface area contributed by atoms with Gasteiger partial charge in [-0.15, -0.1) is 0 Å². The number of carbonyl (C=O) groups is 1. The van der Waals surface area contributed by atoms with Gasteiger partial charge >= 0.3 is 0 Å². The van der Waals surface area contributed by atoms with Crippen molar-refractivity contribution in [3.05, 3.63) is 89.0 Å². The number of amides is 1. The summed E-state index contributed by atoms with van der Waals surface area (Å²) in [6.07, 6.45) is 0. The van der Waals surface area contributed by atoms with E-state index in [0.717, 1.165) is 48.7 Å². The number of ether oxygens (including phenoxy) is 1. The van der Waals surface area contributed by atoms with Crippen molar-refractivity contribution in [2.45, 2.75) is 31.7 Å². The lowest BCUT2D eigenvalue weighted by Crippen LogP contribution is -2.36. The van der Waals surface area contributed by atoms with Gasteiger partial charge in [0.1, 0.15) is 0 Å². The fourth-order valence-electron chi connectivity index (χ4n) is 3.96. The molecule has 1 heterocycles. The maximum absolute atomic E-state index is 12.8. The molecule has 1 aliphatic rings. The lowest BCUT2D eigenvalue weighted by Gasteiger charge is -2.29. The van der Waals surface area contributed by atoms with E-state index in [1.807, 2.05) is 39.0 Å². The fourth-order valence-corrected chi connectivity index (χ4v) is 5.01. The van der Waals surface area contributed by atoms with Gasteiger partial charge in [0.25, 0.3) is 15.9 Å². The summed E-state index contributed by atoms with van der Waals surface area (Å²) in [6, 6.07) is 19.3. The molecule has 184 valence electrons. The number of nitrogens with one attached hydrogen (secondary N) is 2. The van der Waals surface area contributed by atoms with Gasteiger partial charge in [0.15, 0.2) is 0 Å². The SMILES string of the molecule is Cc1ccc(NS(=O)(=O)c2ccc(C(=O)NC(C)c3ccc(N4CCOCC4)cc3)cc2)cc1C. The predicted molar refractivity (Wildman–Crippen MR) is 139 cm³/mol. The number of rotatable bonds is 7. The van der Waals surface area contributed by atoms with Crippen molar-refractivity contribution in [3.63, 3.8) is 0 Å². The summed E-state index contributed by atoms with van der Waals surface area (Å²) < 4.78 is 33.5. The third kappa shape index (κ3) is 6.01. The van der Waals surface area contributed by atoms with Gasteiger partial charge in [-0.25, -0.2) is 8.42 Å². The van der Waals surface area contributed by atoms with E-state index in [2.05, 4.69) is 27.1 Å². The molecule has 35 heavy (non-hydrogen) atoms. The number of nitrogens with zero attached hydrogens (tertiary/aromatic N) is 1. The molecule has 4 rings (SSSR count). The number of aryl methyl sites for hydroxylation is 2. The number of sulfonamides is 1. The molecule has 0 radical (unpaired) electrons. The smallest absolute Gasteiger partial charge is 0.261 e. The van der Waals surface area contributed by atoms with E-state index in [-0.39, 0.29) is 16.8 Å². The molecule has 0 saturated carbocycles. The highest BCUT2D eigenvalue weighted by Gasteiger charge is 2.17. The zero-order valence-electron chi connectivity index (χ0n) is 20.2. The van der Waals surface area contributed by atoms with Gasteiger partial charge in [0.05, 0.1) is 24.2 Å². The van der Waals surface area contributed by atoms with Gasteiger partial charge in [-0.2, -0.15) is 0 Å². The highest BCUT2D eigenvalue weighted by atomic mass is 32.2. The molecule has 1 amide bonds. The van der Waals surface area contributed by atoms with Crippen molar-refractivity contribution in [1.82, 2.24) is 5.32 Å². The summed E-state index contributed by atoms with van der Waals surface area (Å²) in [5.41, 5.74) is 5.12.